The maximum absolute atomic E-state index is 13.8. The number of carbonyl (C=O) groups is 2. The maximum Gasteiger partial charge on any atom is 0.275 e. The molecule has 3 aliphatic rings. The smallest absolute Gasteiger partial charge is 0.275 e. The number of nitrogens with one attached hydrogen (secondary N) is 1. The monoisotopic (exact) mass is 447 g/mol. The van der Waals surface area contributed by atoms with E-state index in [9.17, 15) is 28.3 Å². The van der Waals surface area contributed by atoms with Crippen molar-refractivity contribution in [3.8, 4) is 5.75 Å². The molecule has 2 amide bonds. The number of pyridine rings is 1. The largest absolute Gasteiger partial charge is 0.503 e. The van der Waals surface area contributed by atoms with Crippen LogP contribution in [0, 0.1) is 11.6 Å². The topological polar surface area (TPSA) is 91.6 Å². The molecule has 2 N–H and O–H groups in total. The van der Waals surface area contributed by atoms with Crippen molar-refractivity contribution >= 4 is 23.6 Å². The fourth-order valence-electron chi connectivity index (χ4n) is 4.65. The van der Waals surface area contributed by atoms with Gasteiger partial charge in [-0.25, -0.2) is 8.78 Å². The fourth-order valence-corrected chi connectivity index (χ4v) is 6.35. The molecule has 2 fully saturated rings. The summed E-state index contributed by atoms with van der Waals surface area (Å²) in [6, 6.07) is 3.08. The zero-order chi connectivity index (χ0) is 21.9. The number of aromatic nitrogens is 1. The number of hydrogen-bond donors (Lipinski definition) is 2. The van der Waals surface area contributed by atoms with Gasteiger partial charge in [-0.3, -0.25) is 14.4 Å². The molecular formula is C21H19F2N3O4S. The quantitative estimate of drug-likeness (QED) is 0.753. The molecule has 3 atom stereocenters. The predicted molar refractivity (Wildman–Crippen MR) is 109 cm³/mol. The molecule has 1 aromatic heterocycles. The number of fused-ring (bicyclic) bond motifs is 5. The van der Waals surface area contributed by atoms with Crippen LogP contribution in [0.1, 0.15) is 45.7 Å². The van der Waals surface area contributed by atoms with Crippen molar-refractivity contribution in [1.82, 2.24) is 14.8 Å². The van der Waals surface area contributed by atoms with Crippen molar-refractivity contribution in [1.29, 1.82) is 0 Å². The molecule has 7 nitrogen and oxygen atoms in total. The second kappa shape index (κ2) is 7.37. The van der Waals surface area contributed by atoms with E-state index in [1.807, 2.05) is 0 Å². The van der Waals surface area contributed by atoms with Crippen LogP contribution in [0.4, 0.5) is 8.78 Å². The van der Waals surface area contributed by atoms with Gasteiger partial charge in [0.15, 0.2) is 11.4 Å². The van der Waals surface area contributed by atoms with Gasteiger partial charge in [0.2, 0.25) is 5.43 Å². The van der Waals surface area contributed by atoms with Gasteiger partial charge in [0.05, 0.1) is 11.9 Å². The summed E-state index contributed by atoms with van der Waals surface area (Å²) in [7, 11) is 0. The maximum atomic E-state index is 13.8. The normalized spacial score (nSPS) is 24.0. The minimum atomic E-state index is -0.955. The van der Waals surface area contributed by atoms with E-state index in [4.69, 9.17) is 0 Å². The number of carbonyl (C=O) groups excluding carboxylic acids is 2. The first-order chi connectivity index (χ1) is 14.8. The highest BCUT2D eigenvalue weighted by Gasteiger charge is 2.47. The molecule has 0 radical (unpaired) electrons. The van der Waals surface area contributed by atoms with E-state index in [1.165, 1.54) is 16.8 Å². The zero-order valence-corrected chi connectivity index (χ0v) is 17.1. The molecular weight excluding hydrogens is 428 g/mol. The van der Waals surface area contributed by atoms with E-state index in [1.54, 1.807) is 16.7 Å². The second-order valence-corrected chi connectivity index (χ2v) is 9.51. The average Bonchev–Trinajstić information content (AvgIpc) is 3.10. The van der Waals surface area contributed by atoms with Crippen LogP contribution in [0.2, 0.25) is 0 Å². The molecule has 10 heteroatoms. The number of halogens is 2. The number of amides is 2. The molecule has 31 heavy (non-hydrogen) atoms. The lowest BCUT2D eigenvalue weighted by molar-refractivity contribution is 0.0568. The van der Waals surface area contributed by atoms with Crippen LogP contribution in [-0.2, 0) is 13.1 Å². The Hall–Kier alpha value is -2.88. The third-order valence-electron chi connectivity index (χ3n) is 6.16. The summed E-state index contributed by atoms with van der Waals surface area (Å²) >= 11 is 1.71. The van der Waals surface area contributed by atoms with E-state index >= 15 is 0 Å². The number of thioether (sulfide) groups is 1. The Morgan fingerprint density at radius 3 is 2.84 bits per heavy atom. The molecule has 2 aliphatic heterocycles. The van der Waals surface area contributed by atoms with Crippen molar-refractivity contribution < 1.29 is 23.5 Å². The molecule has 1 aliphatic carbocycles. The summed E-state index contributed by atoms with van der Waals surface area (Å²) < 4.78 is 28.3. The Balaban J connectivity index is 1.43. The molecule has 2 bridgehead atoms. The van der Waals surface area contributed by atoms with Crippen LogP contribution in [-0.4, -0.2) is 43.1 Å². The Morgan fingerprint density at radius 1 is 1.26 bits per heavy atom. The predicted octanol–water partition coefficient (Wildman–Crippen LogP) is 2.21. The Kier molecular flexibility index (Phi) is 4.76. The van der Waals surface area contributed by atoms with Gasteiger partial charge in [-0.1, -0.05) is 6.07 Å². The summed E-state index contributed by atoms with van der Waals surface area (Å²) in [6.45, 7) is 0.0981. The summed E-state index contributed by atoms with van der Waals surface area (Å²) in [5, 5.41) is 13.3. The van der Waals surface area contributed by atoms with E-state index in [2.05, 4.69) is 5.32 Å². The Morgan fingerprint density at radius 2 is 2.06 bits per heavy atom. The zero-order valence-electron chi connectivity index (χ0n) is 16.3. The summed E-state index contributed by atoms with van der Waals surface area (Å²) in [5.74, 6) is -3.53. The van der Waals surface area contributed by atoms with Gasteiger partial charge in [0, 0.05) is 35.7 Å². The molecule has 2 aromatic rings. The van der Waals surface area contributed by atoms with Crippen LogP contribution < -0.4 is 10.7 Å². The number of rotatable bonds is 3. The first-order valence-electron chi connectivity index (χ1n) is 10.00. The van der Waals surface area contributed by atoms with E-state index in [0.717, 1.165) is 25.3 Å². The summed E-state index contributed by atoms with van der Waals surface area (Å²) in [6.07, 6.45) is 4.13. The van der Waals surface area contributed by atoms with Gasteiger partial charge in [0.1, 0.15) is 17.2 Å². The minimum absolute atomic E-state index is 0.0527. The van der Waals surface area contributed by atoms with E-state index < -0.39 is 34.6 Å². The Bertz CT molecular complexity index is 1170. The lowest BCUT2D eigenvalue weighted by Gasteiger charge is -2.44. The lowest BCUT2D eigenvalue weighted by atomic mass is 10.1. The molecule has 1 saturated carbocycles. The summed E-state index contributed by atoms with van der Waals surface area (Å²) in [4.78, 5) is 40.1. The van der Waals surface area contributed by atoms with Crippen LogP contribution in [0.3, 0.4) is 0 Å². The standard InChI is InChI=1S/C21H19F2N3O4S/c22-11-2-1-10(15(23)5-11)7-24-20(29)14-8-25-9-16-26(12-3-4-13(6-12)31-16)21(30)17(25)19(28)18(14)27/h1-2,5,8,12-13,16,28H,3-4,6-7,9H2,(H,24,29). The molecule has 5 rings (SSSR count). The first-order valence-corrected chi connectivity index (χ1v) is 10.9. The highest BCUT2D eigenvalue weighted by molar-refractivity contribution is 8.00. The van der Waals surface area contributed by atoms with Gasteiger partial charge in [-0.2, -0.15) is 0 Å². The van der Waals surface area contributed by atoms with Crippen LogP contribution >= 0.6 is 11.8 Å². The Labute approximate surface area is 180 Å². The van der Waals surface area contributed by atoms with Crippen molar-refractivity contribution in [3.05, 3.63) is 63.1 Å². The summed E-state index contributed by atoms with van der Waals surface area (Å²) in [5.41, 5.74) is -1.34. The van der Waals surface area contributed by atoms with Gasteiger partial charge in [0.25, 0.3) is 11.8 Å². The van der Waals surface area contributed by atoms with E-state index in [0.29, 0.717) is 17.9 Å². The molecule has 3 heterocycles. The average molecular weight is 447 g/mol. The van der Waals surface area contributed by atoms with Crippen LogP contribution in [0.5, 0.6) is 5.75 Å². The molecule has 1 saturated heterocycles. The highest BCUT2D eigenvalue weighted by Crippen LogP contribution is 2.46. The van der Waals surface area contributed by atoms with Crippen LogP contribution in [0.25, 0.3) is 0 Å². The van der Waals surface area contributed by atoms with Gasteiger partial charge in [-0.05, 0) is 25.3 Å². The van der Waals surface area contributed by atoms with E-state index in [-0.39, 0.29) is 34.8 Å². The third kappa shape index (κ3) is 3.29. The van der Waals surface area contributed by atoms with Crippen molar-refractivity contribution in [3.63, 3.8) is 0 Å². The molecule has 162 valence electrons. The minimum Gasteiger partial charge on any atom is -0.503 e. The number of aromatic hydroxyl groups is 1. The van der Waals surface area contributed by atoms with Gasteiger partial charge >= 0.3 is 0 Å². The van der Waals surface area contributed by atoms with Gasteiger partial charge < -0.3 is 19.9 Å². The second-order valence-electron chi connectivity index (χ2n) is 8.03. The van der Waals surface area contributed by atoms with Crippen molar-refractivity contribution in [2.75, 3.05) is 0 Å². The lowest BCUT2D eigenvalue weighted by Crippen LogP contribution is -2.54. The number of nitrogens with zero attached hydrogens (tertiary/aromatic N) is 2. The fraction of sp³-hybridized carbons (Fsp3) is 0.381. The number of hydrogen-bond acceptors (Lipinski definition) is 5. The SMILES string of the molecule is O=C(NCc1ccc(F)cc1F)c1cn2c(c(O)c1=O)C(=O)N1C3CCC(C3)SC1C2. The van der Waals surface area contributed by atoms with Gasteiger partial charge in [-0.15, -0.1) is 11.8 Å². The first kappa shape index (κ1) is 20.0. The van der Waals surface area contributed by atoms with Crippen LogP contribution in [0.15, 0.2) is 29.2 Å². The molecule has 1 aromatic carbocycles. The van der Waals surface area contributed by atoms with Crippen molar-refractivity contribution in [2.24, 2.45) is 0 Å². The molecule has 3 unspecified atom stereocenters. The number of benzene rings is 1. The van der Waals surface area contributed by atoms with Crippen molar-refractivity contribution in [2.45, 2.75) is 49.0 Å². The highest BCUT2D eigenvalue weighted by atomic mass is 32.2. The third-order valence-corrected chi connectivity index (χ3v) is 7.66. The molecule has 0 spiro atoms.